The van der Waals surface area contributed by atoms with Gasteiger partial charge in [0.2, 0.25) is 0 Å². The van der Waals surface area contributed by atoms with Gasteiger partial charge in [0.05, 0.1) is 0 Å². The molecule has 0 aromatic heterocycles. The molecule has 0 heterocycles. The predicted octanol–water partition coefficient (Wildman–Crippen LogP) is 1.95. The van der Waals surface area contributed by atoms with E-state index in [0.717, 1.165) is 12.5 Å². The Kier molecular flexibility index (Phi) is 2.94. The molecule has 0 aliphatic heterocycles. The molecule has 0 aromatic rings. The maximum absolute atomic E-state index is 4.07. The van der Waals surface area contributed by atoms with E-state index in [1.165, 1.54) is 31.3 Å². The molecule has 0 atom stereocenters. The smallest absolute Gasteiger partial charge is 0.00146 e. The lowest BCUT2D eigenvalue weighted by Crippen LogP contribution is -2.17. The molecule has 0 amide bonds. The molecule has 0 radical (unpaired) electrons. The van der Waals surface area contributed by atoms with Gasteiger partial charge in [-0.25, -0.2) is 0 Å². The summed E-state index contributed by atoms with van der Waals surface area (Å²) in [6, 6.07) is 0. The first kappa shape index (κ1) is 7.80. The maximum Gasteiger partial charge on any atom is -0.00146 e. The van der Waals surface area contributed by atoms with Crippen molar-refractivity contribution in [3.05, 3.63) is 12.2 Å². The van der Waals surface area contributed by atoms with Gasteiger partial charge in [0.1, 0.15) is 0 Å². The van der Waals surface area contributed by atoms with E-state index in [1.54, 1.807) is 0 Å². The summed E-state index contributed by atoms with van der Waals surface area (Å²) >= 11 is 0. The van der Waals surface area contributed by atoms with Crippen molar-refractivity contribution < 1.29 is 0 Å². The molecular formula is C9H17N. The third-order valence-electron chi connectivity index (χ3n) is 2.38. The van der Waals surface area contributed by atoms with Gasteiger partial charge in [0.15, 0.2) is 0 Å². The van der Waals surface area contributed by atoms with Gasteiger partial charge in [-0.15, -0.1) is 0 Å². The molecule has 0 spiro atoms. The highest BCUT2D eigenvalue weighted by atomic mass is 14.8. The van der Waals surface area contributed by atoms with Crippen molar-refractivity contribution in [2.75, 3.05) is 13.6 Å². The van der Waals surface area contributed by atoms with Crippen molar-refractivity contribution in [2.45, 2.75) is 25.7 Å². The third-order valence-corrected chi connectivity index (χ3v) is 2.38. The molecular weight excluding hydrogens is 122 g/mol. The van der Waals surface area contributed by atoms with Crippen LogP contribution in [-0.4, -0.2) is 13.6 Å². The Hall–Kier alpha value is -0.300. The zero-order valence-electron chi connectivity index (χ0n) is 6.82. The summed E-state index contributed by atoms with van der Waals surface area (Å²) in [7, 11) is 1.99. The van der Waals surface area contributed by atoms with Gasteiger partial charge in [-0.3, -0.25) is 0 Å². The molecule has 1 rings (SSSR count). The Morgan fingerprint density at radius 2 is 2.30 bits per heavy atom. The highest BCUT2D eigenvalue weighted by Crippen LogP contribution is 2.33. The zero-order chi connectivity index (χ0) is 7.40. The van der Waals surface area contributed by atoms with Crippen LogP contribution in [0.2, 0.25) is 0 Å². The molecule has 1 saturated carbocycles. The predicted molar refractivity (Wildman–Crippen MR) is 45.0 cm³/mol. The van der Waals surface area contributed by atoms with Crippen molar-refractivity contribution in [1.82, 2.24) is 5.32 Å². The minimum absolute atomic E-state index is 0.869. The Bertz CT molecular complexity index is 114. The largest absolute Gasteiger partial charge is 0.319 e. The van der Waals surface area contributed by atoms with E-state index in [9.17, 15) is 0 Å². The molecule has 10 heavy (non-hydrogen) atoms. The van der Waals surface area contributed by atoms with E-state index in [1.807, 2.05) is 7.05 Å². The quantitative estimate of drug-likeness (QED) is 0.587. The molecule has 1 N–H and O–H groups in total. The fourth-order valence-corrected chi connectivity index (χ4v) is 1.31. The average molecular weight is 139 g/mol. The van der Waals surface area contributed by atoms with Gasteiger partial charge >= 0.3 is 0 Å². The molecule has 0 saturated heterocycles. The minimum Gasteiger partial charge on any atom is -0.319 e. The van der Waals surface area contributed by atoms with Crippen molar-refractivity contribution in [3.8, 4) is 0 Å². The summed E-state index contributed by atoms with van der Waals surface area (Å²) in [4.78, 5) is 0. The first-order valence-electron chi connectivity index (χ1n) is 4.17. The number of hydrogen-bond donors (Lipinski definition) is 1. The van der Waals surface area contributed by atoms with Crippen LogP contribution >= 0.6 is 0 Å². The van der Waals surface area contributed by atoms with Gasteiger partial charge in [0, 0.05) is 0 Å². The fourth-order valence-electron chi connectivity index (χ4n) is 1.31. The van der Waals surface area contributed by atoms with Crippen LogP contribution in [-0.2, 0) is 0 Å². The minimum atomic E-state index is 0.869. The maximum atomic E-state index is 4.07. The zero-order valence-corrected chi connectivity index (χ0v) is 6.82. The molecule has 1 nitrogen and oxygen atoms in total. The summed E-state index contributed by atoms with van der Waals surface area (Å²) in [6.45, 7) is 5.17. The van der Waals surface area contributed by atoms with Crippen molar-refractivity contribution in [1.29, 1.82) is 0 Å². The standard InChI is InChI=1S/C9H17N/c1-8(6-7-10-2)9-4-3-5-9/h9-10H,1,3-7H2,2H3. The Morgan fingerprint density at radius 1 is 1.60 bits per heavy atom. The molecule has 0 unspecified atom stereocenters. The first-order valence-corrected chi connectivity index (χ1v) is 4.17. The second-order valence-electron chi connectivity index (χ2n) is 3.14. The number of nitrogens with one attached hydrogen (secondary N) is 1. The van der Waals surface area contributed by atoms with Crippen molar-refractivity contribution >= 4 is 0 Å². The van der Waals surface area contributed by atoms with Gasteiger partial charge < -0.3 is 5.32 Å². The Morgan fingerprint density at radius 3 is 2.70 bits per heavy atom. The summed E-state index contributed by atoms with van der Waals surface area (Å²) in [6.07, 6.45) is 5.37. The highest BCUT2D eigenvalue weighted by molar-refractivity contribution is 5.04. The molecule has 1 aliphatic carbocycles. The van der Waals surface area contributed by atoms with Crippen LogP contribution in [0.5, 0.6) is 0 Å². The van der Waals surface area contributed by atoms with Crippen LogP contribution in [0, 0.1) is 5.92 Å². The topological polar surface area (TPSA) is 12.0 Å². The second-order valence-corrected chi connectivity index (χ2v) is 3.14. The van der Waals surface area contributed by atoms with E-state index in [0.29, 0.717) is 0 Å². The van der Waals surface area contributed by atoms with Crippen LogP contribution in [0.4, 0.5) is 0 Å². The molecule has 0 bridgehead atoms. The lowest BCUT2D eigenvalue weighted by atomic mass is 9.79. The van der Waals surface area contributed by atoms with E-state index in [2.05, 4.69) is 11.9 Å². The van der Waals surface area contributed by atoms with E-state index >= 15 is 0 Å². The first-order chi connectivity index (χ1) is 4.84. The van der Waals surface area contributed by atoms with E-state index in [4.69, 9.17) is 0 Å². The van der Waals surface area contributed by atoms with Crippen LogP contribution in [0.1, 0.15) is 25.7 Å². The summed E-state index contributed by atoms with van der Waals surface area (Å²) in [5.41, 5.74) is 1.46. The summed E-state index contributed by atoms with van der Waals surface area (Å²) in [5, 5.41) is 3.14. The third kappa shape index (κ3) is 1.84. The molecule has 1 aliphatic rings. The number of hydrogen-bond acceptors (Lipinski definition) is 1. The van der Waals surface area contributed by atoms with Gasteiger partial charge in [-0.1, -0.05) is 18.6 Å². The van der Waals surface area contributed by atoms with Crippen LogP contribution in [0.3, 0.4) is 0 Å². The highest BCUT2D eigenvalue weighted by Gasteiger charge is 2.19. The molecule has 1 fully saturated rings. The average Bonchev–Trinajstić information content (AvgIpc) is 1.79. The van der Waals surface area contributed by atoms with Gasteiger partial charge in [-0.05, 0) is 38.8 Å². The Labute approximate surface area is 63.5 Å². The Balaban J connectivity index is 2.08. The molecule has 58 valence electrons. The molecule has 1 heteroatoms. The fraction of sp³-hybridized carbons (Fsp3) is 0.778. The lowest BCUT2D eigenvalue weighted by Gasteiger charge is -2.27. The molecule has 0 aromatic carbocycles. The van der Waals surface area contributed by atoms with Crippen molar-refractivity contribution in [3.63, 3.8) is 0 Å². The SMILES string of the molecule is C=C(CCNC)C1CCC1. The summed E-state index contributed by atoms with van der Waals surface area (Å²) in [5.74, 6) is 0.869. The van der Waals surface area contributed by atoms with Gasteiger partial charge in [0.25, 0.3) is 0 Å². The monoisotopic (exact) mass is 139 g/mol. The normalized spacial score (nSPS) is 18.5. The van der Waals surface area contributed by atoms with Gasteiger partial charge in [-0.2, -0.15) is 0 Å². The number of rotatable bonds is 4. The van der Waals surface area contributed by atoms with E-state index < -0.39 is 0 Å². The van der Waals surface area contributed by atoms with Crippen LogP contribution < -0.4 is 5.32 Å². The second kappa shape index (κ2) is 3.77. The van der Waals surface area contributed by atoms with Crippen LogP contribution in [0.15, 0.2) is 12.2 Å². The van der Waals surface area contributed by atoms with E-state index in [-0.39, 0.29) is 0 Å². The van der Waals surface area contributed by atoms with Crippen molar-refractivity contribution in [2.24, 2.45) is 5.92 Å². The lowest BCUT2D eigenvalue weighted by molar-refractivity contribution is 0.359. The van der Waals surface area contributed by atoms with Crippen LogP contribution in [0.25, 0.3) is 0 Å². The summed E-state index contributed by atoms with van der Waals surface area (Å²) < 4.78 is 0.